The summed E-state index contributed by atoms with van der Waals surface area (Å²) in [5.74, 6) is 0.923. The van der Waals surface area contributed by atoms with Crippen LogP contribution in [0, 0.1) is 0 Å². The van der Waals surface area contributed by atoms with E-state index in [1.165, 1.54) is 11.1 Å². The second kappa shape index (κ2) is 8.11. The lowest BCUT2D eigenvalue weighted by Crippen LogP contribution is -2.50. The number of hydrogen-bond acceptors (Lipinski definition) is 4. The molecule has 0 saturated carbocycles. The minimum Gasteiger partial charge on any atom is -0.489 e. The number of likely N-dealkylation sites (N-methyl/N-ethyl adjacent to an activating group) is 1. The molecule has 0 unspecified atom stereocenters. The quantitative estimate of drug-likeness (QED) is 0.887. The molecule has 2 aromatic carbocycles. The molecular weight excluding hydrogens is 286 g/mol. The first kappa shape index (κ1) is 16.0. The minimum absolute atomic E-state index is 0.607. The maximum Gasteiger partial charge on any atom is 0.120 e. The van der Waals surface area contributed by atoms with Crippen molar-refractivity contribution in [1.29, 1.82) is 0 Å². The lowest BCUT2D eigenvalue weighted by Gasteiger charge is -2.32. The molecule has 1 aliphatic rings. The molecule has 0 aromatic heterocycles. The average Bonchev–Trinajstić information content (AvgIpc) is 2.61. The summed E-state index contributed by atoms with van der Waals surface area (Å²) in [5, 5.41) is 2.30. The summed E-state index contributed by atoms with van der Waals surface area (Å²) in [6.45, 7) is 5.82. The Morgan fingerprint density at radius 1 is 0.913 bits per heavy atom. The molecule has 0 atom stereocenters. The molecule has 1 heterocycles. The molecule has 1 saturated heterocycles. The zero-order valence-electron chi connectivity index (χ0n) is 13.7. The van der Waals surface area contributed by atoms with Gasteiger partial charge < -0.3 is 9.64 Å². The van der Waals surface area contributed by atoms with Crippen LogP contribution in [-0.2, 0) is 13.2 Å². The van der Waals surface area contributed by atoms with Crippen LogP contribution in [0.4, 0.5) is 0 Å². The average molecular weight is 311 g/mol. The minimum atomic E-state index is 0.607. The Hall–Kier alpha value is -1.88. The Bertz CT molecular complexity index is 595. The van der Waals surface area contributed by atoms with E-state index in [0.29, 0.717) is 6.61 Å². The fraction of sp³-hybridized carbons (Fsp3) is 0.368. The summed E-state index contributed by atoms with van der Waals surface area (Å²) in [6, 6.07) is 18.6. The van der Waals surface area contributed by atoms with E-state index in [1.54, 1.807) is 0 Å². The summed E-state index contributed by atoms with van der Waals surface area (Å²) in [6.07, 6.45) is 0. The fourth-order valence-corrected chi connectivity index (χ4v) is 2.65. The standard InChI is InChI=1S/C19H25N3O/c1-21-10-12-22(13-11-21)20-15-18-8-5-9-19(14-18)23-16-17-6-3-2-4-7-17/h2-9,14,20H,10-13,15-16H2,1H3. The first-order chi connectivity index (χ1) is 11.3. The Kier molecular flexibility index (Phi) is 5.64. The van der Waals surface area contributed by atoms with Crippen molar-refractivity contribution < 1.29 is 4.74 Å². The van der Waals surface area contributed by atoms with Crippen LogP contribution >= 0.6 is 0 Å². The number of nitrogens with one attached hydrogen (secondary N) is 1. The van der Waals surface area contributed by atoms with Crippen molar-refractivity contribution in [3.63, 3.8) is 0 Å². The summed E-state index contributed by atoms with van der Waals surface area (Å²) >= 11 is 0. The lowest BCUT2D eigenvalue weighted by molar-refractivity contribution is 0.102. The van der Waals surface area contributed by atoms with Crippen LogP contribution in [0.25, 0.3) is 0 Å². The van der Waals surface area contributed by atoms with Crippen LogP contribution < -0.4 is 10.2 Å². The van der Waals surface area contributed by atoms with Gasteiger partial charge in [-0.05, 0) is 30.3 Å². The van der Waals surface area contributed by atoms with E-state index in [0.717, 1.165) is 38.5 Å². The maximum absolute atomic E-state index is 5.89. The summed E-state index contributed by atoms with van der Waals surface area (Å²) in [5.41, 5.74) is 5.94. The number of ether oxygens (including phenoxy) is 1. The third kappa shape index (κ3) is 5.06. The zero-order valence-corrected chi connectivity index (χ0v) is 13.7. The number of nitrogens with zero attached hydrogens (tertiary/aromatic N) is 2. The number of rotatable bonds is 6. The molecular formula is C19H25N3O. The van der Waals surface area contributed by atoms with E-state index in [1.807, 2.05) is 24.3 Å². The first-order valence-corrected chi connectivity index (χ1v) is 8.22. The number of benzene rings is 2. The van der Waals surface area contributed by atoms with Crippen molar-refractivity contribution in [1.82, 2.24) is 15.3 Å². The van der Waals surface area contributed by atoms with Crippen LogP contribution in [-0.4, -0.2) is 43.1 Å². The van der Waals surface area contributed by atoms with Gasteiger partial charge in [0.25, 0.3) is 0 Å². The molecule has 122 valence electrons. The van der Waals surface area contributed by atoms with Crippen LogP contribution in [0.2, 0.25) is 0 Å². The van der Waals surface area contributed by atoms with Crippen LogP contribution in [0.1, 0.15) is 11.1 Å². The first-order valence-electron chi connectivity index (χ1n) is 8.22. The topological polar surface area (TPSA) is 27.7 Å². The van der Waals surface area contributed by atoms with E-state index < -0.39 is 0 Å². The maximum atomic E-state index is 5.89. The molecule has 0 amide bonds. The van der Waals surface area contributed by atoms with Crippen LogP contribution in [0.15, 0.2) is 54.6 Å². The highest BCUT2D eigenvalue weighted by Gasteiger charge is 2.12. The van der Waals surface area contributed by atoms with Gasteiger partial charge in [-0.25, -0.2) is 5.01 Å². The van der Waals surface area contributed by atoms with Gasteiger partial charge in [-0.2, -0.15) is 0 Å². The normalized spacial score (nSPS) is 16.4. The molecule has 3 rings (SSSR count). The van der Waals surface area contributed by atoms with Crippen molar-refractivity contribution in [3.8, 4) is 5.75 Å². The highest BCUT2D eigenvalue weighted by Crippen LogP contribution is 2.15. The van der Waals surface area contributed by atoms with Crippen LogP contribution in [0.3, 0.4) is 0 Å². The lowest BCUT2D eigenvalue weighted by atomic mass is 10.2. The number of hydrogen-bond donors (Lipinski definition) is 1. The highest BCUT2D eigenvalue weighted by molar-refractivity contribution is 5.29. The molecule has 1 aliphatic heterocycles. The SMILES string of the molecule is CN1CCN(NCc2cccc(OCc3ccccc3)c2)CC1. The summed E-state index contributed by atoms with van der Waals surface area (Å²) < 4.78 is 5.89. The fourth-order valence-electron chi connectivity index (χ4n) is 2.65. The molecule has 4 nitrogen and oxygen atoms in total. The van der Waals surface area contributed by atoms with Gasteiger partial charge in [0.2, 0.25) is 0 Å². The summed E-state index contributed by atoms with van der Waals surface area (Å²) in [7, 11) is 2.17. The van der Waals surface area contributed by atoms with E-state index in [4.69, 9.17) is 4.74 Å². The Morgan fingerprint density at radius 3 is 2.43 bits per heavy atom. The second-order valence-electron chi connectivity index (χ2n) is 6.05. The van der Waals surface area contributed by atoms with E-state index >= 15 is 0 Å². The molecule has 0 spiro atoms. The highest BCUT2D eigenvalue weighted by atomic mass is 16.5. The molecule has 23 heavy (non-hydrogen) atoms. The van der Waals surface area contributed by atoms with Gasteiger partial charge in [-0.3, -0.25) is 5.43 Å². The largest absolute Gasteiger partial charge is 0.489 e. The molecule has 1 N–H and O–H groups in total. The second-order valence-corrected chi connectivity index (χ2v) is 6.05. The van der Waals surface area contributed by atoms with Crippen molar-refractivity contribution in [2.75, 3.05) is 33.2 Å². The van der Waals surface area contributed by atoms with Crippen molar-refractivity contribution in [3.05, 3.63) is 65.7 Å². The van der Waals surface area contributed by atoms with E-state index in [-0.39, 0.29) is 0 Å². The third-order valence-electron chi connectivity index (χ3n) is 4.16. The molecule has 0 aliphatic carbocycles. The smallest absolute Gasteiger partial charge is 0.120 e. The van der Waals surface area contributed by atoms with Gasteiger partial charge in [0.15, 0.2) is 0 Å². The van der Waals surface area contributed by atoms with Crippen molar-refractivity contribution in [2.45, 2.75) is 13.2 Å². The number of piperazine rings is 1. The third-order valence-corrected chi connectivity index (χ3v) is 4.16. The Morgan fingerprint density at radius 2 is 1.65 bits per heavy atom. The predicted octanol–water partition coefficient (Wildman–Crippen LogP) is 2.52. The Labute approximate surface area is 138 Å². The molecule has 0 bridgehead atoms. The molecule has 1 fully saturated rings. The molecule has 0 radical (unpaired) electrons. The Balaban J connectivity index is 1.49. The van der Waals surface area contributed by atoms with Gasteiger partial charge in [0.1, 0.15) is 12.4 Å². The van der Waals surface area contributed by atoms with Gasteiger partial charge in [-0.1, -0.05) is 42.5 Å². The monoisotopic (exact) mass is 311 g/mol. The van der Waals surface area contributed by atoms with Crippen LogP contribution in [0.5, 0.6) is 5.75 Å². The van der Waals surface area contributed by atoms with Gasteiger partial charge in [0, 0.05) is 32.7 Å². The zero-order chi connectivity index (χ0) is 15.9. The van der Waals surface area contributed by atoms with Crippen molar-refractivity contribution in [2.24, 2.45) is 0 Å². The van der Waals surface area contributed by atoms with Gasteiger partial charge >= 0.3 is 0 Å². The van der Waals surface area contributed by atoms with Gasteiger partial charge in [0.05, 0.1) is 0 Å². The summed E-state index contributed by atoms with van der Waals surface area (Å²) in [4.78, 5) is 2.36. The van der Waals surface area contributed by atoms with E-state index in [2.05, 4.69) is 52.7 Å². The van der Waals surface area contributed by atoms with Crippen molar-refractivity contribution >= 4 is 0 Å². The predicted molar refractivity (Wildman–Crippen MR) is 93.1 cm³/mol. The van der Waals surface area contributed by atoms with E-state index in [9.17, 15) is 0 Å². The molecule has 2 aromatic rings. The van der Waals surface area contributed by atoms with Gasteiger partial charge in [-0.15, -0.1) is 0 Å². The molecule has 4 heteroatoms. The number of hydrazine groups is 1.